The number of phenols is 2. The molecule has 0 atom stereocenters. The van der Waals surface area contributed by atoms with E-state index in [-0.39, 0.29) is 0 Å². The number of benzene rings is 2. The zero-order valence-corrected chi connectivity index (χ0v) is 28.1. The van der Waals surface area contributed by atoms with Crippen LogP contribution in [0.15, 0.2) is 34.3 Å². The molecule has 224 valence electrons. The maximum atomic E-state index is 10.8. The Bertz CT molecular complexity index is 1040. The Morgan fingerprint density at radius 3 is 1.39 bits per heavy atom. The molecule has 2 saturated carbocycles. The van der Waals surface area contributed by atoms with Crippen molar-refractivity contribution >= 4 is 42.4 Å². The second-order valence-corrected chi connectivity index (χ2v) is 14.4. The van der Waals surface area contributed by atoms with Crippen molar-refractivity contribution in [1.29, 1.82) is 0 Å². The fourth-order valence-electron chi connectivity index (χ4n) is 6.37. The van der Waals surface area contributed by atoms with Crippen molar-refractivity contribution in [1.82, 2.24) is 0 Å². The minimum absolute atomic E-state index is 0.392. The van der Waals surface area contributed by atoms with Crippen molar-refractivity contribution in [2.75, 3.05) is 0 Å². The second kappa shape index (κ2) is 19.1. The van der Waals surface area contributed by atoms with Crippen LogP contribution in [0.2, 0.25) is 0 Å². The Hall–Kier alpha value is -1.33. The van der Waals surface area contributed by atoms with Gasteiger partial charge in [-0.1, -0.05) is 63.5 Å². The normalized spacial score (nSPS) is 16.7. The van der Waals surface area contributed by atoms with Gasteiger partial charge in [-0.2, -0.15) is 0 Å². The Morgan fingerprint density at radius 2 is 1.02 bits per heavy atom. The van der Waals surface area contributed by atoms with E-state index in [1.54, 1.807) is 0 Å². The van der Waals surface area contributed by atoms with Crippen LogP contribution in [0.25, 0.3) is 0 Å². The first-order chi connectivity index (χ1) is 19.9. The molecule has 0 heterocycles. The molecule has 2 aliphatic carbocycles. The van der Waals surface area contributed by atoms with Crippen molar-refractivity contribution in [3.05, 3.63) is 46.5 Å². The Labute approximate surface area is 264 Å². The summed E-state index contributed by atoms with van der Waals surface area (Å²) in [6.07, 6.45) is 22.7. The number of rotatable bonds is 11. The number of aryl methyl sites for hydroxylation is 2. The molecule has 41 heavy (non-hydrogen) atoms. The molecule has 0 bridgehead atoms. The van der Waals surface area contributed by atoms with Crippen molar-refractivity contribution in [3.63, 3.8) is 0 Å². The van der Waals surface area contributed by atoms with Crippen LogP contribution < -0.4 is 0 Å². The van der Waals surface area contributed by atoms with Crippen LogP contribution in [-0.2, 0) is 17.0 Å². The van der Waals surface area contributed by atoms with E-state index in [9.17, 15) is 10.2 Å². The van der Waals surface area contributed by atoms with Gasteiger partial charge in [0.25, 0.3) is 0 Å². The second-order valence-electron chi connectivity index (χ2n) is 11.8. The number of aliphatic imine (C=N–C) groups is 2. The summed E-state index contributed by atoms with van der Waals surface area (Å²) < 4.78 is 0. The fraction of sp³-hybridized carbons (Fsp3) is 0.588. The zero-order chi connectivity index (χ0) is 29.5. The topological polar surface area (TPSA) is 65.2 Å². The van der Waals surface area contributed by atoms with E-state index in [2.05, 4.69) is 36.0 Å². The van der Waals surface area contributed by atoms with Gasteiger partial charge in [-0.25, -0.2) is 0 Å². The third-order valence-electron chi connectivity index (χ3n) is 8.49. The van der Waals surface area contributed by atoms with E-state index in [0.29, 0.717) is 23.3 Å². The number of hydrogen-bond donors (Lipinski definition) is 2. The van der Waals surface area contributed by atoms with Gasteiger partial charge in [-0.05, 0) is 111 Å². The van der Waals surface area contributed by atoms with Gasteiger partial charge >= 0.3 is 35.6 Å². The van der Waals surface area contributed by atoms with Gasteiger partial charge in [0, 0.05) is 12.4 Å². The van der Waals surface area contributed by atoms with E-state index in [1.807, 2.05) is 24.6 Å². The molecule has 2 aliphatic rings. The predicted molar refractivity (Wildman–Crippen MR) is 173 cm³/mol. The predicted octanol–water partition coefficient (Wildman–Crippen LogP) is 11.6. The number of hydrogen-bond acceptors (Lipinski definition) is 4. The summed E-state index contributed by atoms with van der Waals surface area (Å²) in [5.41, 5.74) is 6.02. The molecular weight excluding hydrogens is 587 g/mol. The molecule has 0 amide bonds. The molecule has 0 radical (unpaired) electrons. The Morgan fingerprint density at radius 1 is 0.659 bits per heavy atom. The van der Waals surface area contributed by atoms with Crippen LogP contribution in [-0.4, -0.2) is 22.6 Å². The fourth-order valence-corrected chi connectivity index (χ4v) is 6.37. The number of phenolic OH excluding ortho intramolecular Hbond substituents is 2. The van der Waals surface area contributed by atoms with Crippen LogP contribution in [0.1, 0.15) is 137 Å². The third-order valence-corrected chi connectivity index (χ3v) is 8.49. The summed E-state index contributed by atoms with van der Waals surface area (Å²) in [5.74, 6) is 1.75. The van der Waals surface area contributed by atoms with E-state index < -0.39 is 17.0 Å². The summed E-state index contributed by atoms with van der Waals surface area (Å²) >= 11 is -0.556. The molecule has 2 aromatic rings. The van der Waals surface area contributed by atoms with Crippen molar-refractivity contribution in [3.8, 4) is 11.5 Å². The molecule has 2 fully saturated rings. The van der Waals surface area contributed by atoms with Crippen molar-refractivity contribution < 1.29 is 27.2 Å². The monoisotopic (exact) mass is 634 g/mol. The molecule has 7 heteroatoms. The SMILES string of the molecule is Cc1cc(N=CCCCCCCC=Nc2cc(C)cc(C3CCCCC3)c2O)c(O)c(C2CCCCC2)c1.[Cl][Ti][Cl]. The van der Waals surface area contributed by atoms with E-state index >= 15 is 0 Å². The first-order valence-corrected chi connectivity index (χ1v) is 19.9. The minimum atomic E-state index is -0.556. The molecule has 0 unspecified atom stereocenters. The Kier molecular flexibility index (Phi) is 15.9. The van der Waals surface area contributed by atoms with Crippen LogP contribution in [0.3, 0.4) is 0 Å². The average molecular weight is 636 g/mol. The molecule has 0 spiro atoms. The Balaban J connectivity index is 0.00000147. The average Bonchev–Trinajstić information content (AvgIpc) is 2.98. The maximum absolute atomic E-state index is 10.8. The molecule has 4 nitrogen and oxygen atoms in total. The standard InChI is InChI=1S/C34H48N2O2.2ClH.Ti/c1-25-21-29(27-15-9-7-10-16-27)33(37)31(23-25)35-19-13-5-3-4-6-14-20-36-32-24-26(2)22-30(34(32)38)28-17-11-8-12-18-28;;;/h19-24,27-28,37-38H,3-18H2,1-2H3;2*1H;/q;;;+2/p-2. The molecule has 0 aromatic heterocycles. The number of aromatic hydroxyl groups is 2. The molecular formula is C34H48Cl2N2O2Ti. The molecule has 0 saturated heterocycles. The van der Waals surface area contributed by atoms with Gasteiger partial charge < -0.3 is 10.2 Å². The molecule has 2 N–H and O–H groups in total. The summed E-state index contributed by atoms with van der Waals surface area (Å²) in [7, 11) is 9.78. The first kappa shape index (κ1) is 34.2. The van der Waals surface area contributed by atoms with Gasteiger partial charge in [0.1, 0.15) is 22.9 Å². The quantitative estimate of drug-likeness (QED) is 0.147. The van der Waals surface area contributed by atoms with Crippen LogP contribution in [0.4, 0.5) is 11.4 Å². The van der Waals surface area contributed by atoms with Gasteiger partial charge in [-0.3, -0.25) is 9.98 Å². The summed E-state index contributed by atoms with van der Waals surface area (Å²) in [6.45, 7) is 4.20. The van der Waals surface area contributed by atoms with Crippen LogP contribution in [0, 0.1) is 13.8 Å². The zero-order valence-electron chi connectivity index (χ0n) is 25.0. The number of nitrogens with zero attached hydrogens (tertiary/aromatic N) is 2. The van der Waals surface area contributed by atoms with Crippen LogP contribution >= 0.6 is 18.6 Å². The van der Waals surface area contributed by atoms with Gasteiger partial charge in [-0.15, -0.1) is 0 Å². The van der Waals surface area contributed by atoms with Gasteiger partial charge in [0.15, 0.2) is 0 Å². The summed E-state index contributed by atoms with van der Waals surface area (Å²) in [5, 5.41) is 21.7. The summed E-state index contributed by atoms with van der Waals surface area (Å²) in [4.78, 5) is 9.28. The van der Waals surface area contributed by atoms with Crippen molar-refractivity contribution in [2.45, 2.75) is 128 Å². The van der Waals surface area contributed by atoms with E-state index in [4.69, 9.17) is 18.6 Å². The van der Waals surface area contributed by atoms with Crippen molar-refractivity contribution in [2.24, 2.45) is 9.98 Å². The molecule has 0 aliphatic heterocycles. The third kappa shape index (κ3) is 11.4. The van der Waals surface area contributed by atoms with Gasteiger partial charge in [0.2, 0.25) is 0 Å². The molecule has 2 aromatic carbocycles. The number of unbranched alkanes of at least 4 members (excludes halogenated alkanes) is 5. The van der Waals surface area contributed by atoms with Crippen LogP contribution in [0.5, 0.6) is 11.5 Å². The van der Waals surface area contributed by atoms with Gasteiger partial charge in [0.05, 0.1) is 0 Å². The summed E-state index contributed by atoms with van der Waals surface area (Å²) in [6, 6.07) is 8.32. The number of halogens is 2. The van der Waals surface area contributed by atoms with E-state index in [1.165, 1.54) is 75.3 Å². The molecule has 4 rings (SSSR count). The van der Waals surface area contributed by atoms with E-state index in [0.717, 1.165) is 61.0 Å². The first-order valence-electron chi connectivity index (χ1n) is 15.6.